The van der Waals surface area contributed by atoms with Gasteiger partial charge in [0.15, 0.2) is 11.5 Å². The summed E-state index contributed by atoms with van der Waals surface area (Å²) >= 11 is 3.49. The van der Waals surface area contributed by atoms with Gasteiger partial charge in [0.05, 0.1) is 20.8 Å². The zero-order valence-electron chi connectivity index (χ0n) is 8.85. The van der Waals surface area contributed by atoms with Crippen LogP contribution in [0.2, 0.25) is 0 Å². The van der Waals surface area contributed by atoms with Crippen molar-refractivity contribution in [3.8, 4) is 11.5 Å². The molecule has 0 aliphatic heterocycles. The van der Waals surface area contributed by atoms with Crippen LogP contribution in [0.4, 0.5) is 0 Å². The second-order valence-electron chi connectivity index (χ2n) is 2.90. The zero-order valence-corrected chi connectivity index (χ0v) is 12.0. The van der Waals surface area contributed by atoms with Gasteiger partial charge in [-0.3, -0.25) is 0 Å². The Hall–Kier alpha value is -0.260. The van der Waals surface area contributed by atoms with Gasteiger partial charge in [-0.1, -0.05) is 15.9 Å². The standard InChI is InChI=1S/C10H14BrNO2.BrH/c1-13-9-5-7(3-4-12)8(11)6-10(9)14-2;/h5-6H,3-4,12H2,1-2H3;1H. The molecule has 1 aromatic carbocycles. The fourth-order valence-corrected chi connectivity index (χ4v) is 1.80. The maximum absolute atomic E-state index is 5.21. The van der Waals surface area contributed by atoms with Crippen molar-refractivity contribution in [2.75, 3.05) is 20.8 Å². The van der Waals surface area contributed by atoms with Crippen molar-refractivity contribution < 1.29 is 32.2 Å². The number of ether oxygens (including phenoxy) is 2. The molecular formula is C10H15Br2NO2. The molecule has 86 valence electrons. The largest absolute Gasteiger partial charge is 1.00 e. The van der Waals surface area contributed by atoms with Gasteiger partial charge in [0, 0.05) is 10.9 Å². The molecule has 0 radical (unpaired) electrons. The van der Waals surface area contributed by atoms with Gasteiger partial charge < -0.3 is 32.2 Å². The van der Waals surface area contributed by atoms with Gasteiger partial charge >= 0.3 is 0 Å². The van der Waals surface area contributed by atoms with Crippen molar-refractivity contribution in [1.82, 2.24) is 0 Å². The Kier molecular flexibility index (Phi) is 6.96. The summed E-state index contributed by atoms with van der Waals surface area (Å²) in [6.45, 7) is 0.869. The van der Waals surface area contributed by atoms with Gasteiger partial charge in [-0.2, -0.15) is 0 Å². The van der Waals surface area contributed by atoms with E-state index >= 15 is 0 Å². The lowest BCUT2D eigenvalue weighted by Gasteiger charge is -2.10. The summed E-state index contributed by atoms with van der Waals surface area (Å²) < 4.78 is 11.4. The first kappa shape index (κ1) is 14.7. The first-order chi connectivity index (χ1) is 6.72. The Balaban J connectivity index is 0.00000196. The molecule has 3 N–H and O–H groups in total. The van der Waals surface area contributed by atoms with E-state index in [1.807, 2.05) is 12.1 Å². The van der Waals surface area contributed by atoms with Gasteiger partial charge in [-0.25, -0.2) is 0 Å². The summed E-state index contributed by atoms with van der Waals surface area (Å²) in [6.07, 6.45) is 0.931. The molecule has 0 amide bonds. The Morgan fingerprint density at radius 3 is 2.20 bits per heavy atom. The summed E-state index contributed by atoms with van der Waals surface area (Å²) in [7, 11) is 3.27. The normalized spacial score (nSPS) is 9.33. The number of halogens is 2. The second-order valence-corrected chi connectivity index (χ2v) is 3.76. The lowest BCUT2D eigenvalue weighted by Crippen LogP contribution is -3.00. The molecule has 0 bridgehead atoms. The third-order valence-corrected chi connectivity index (χ3v) is 2.74. The van der Waals surface area contributed by atoms with Crippen LogP contribution in [0, 0.1) is 0 Å². The molecule has 0 fully saturated rings. The summed E-state index contributed by atoms with van der Waals surface area (Å²) in [4.78, 5) is 0. The molecule has 1 rings (SSSR count). The van der Waals surface area contributed by atoms with Crippen LogP contribution in [0.25, 0.3) is 0 Å². The highest BCUT2D eigenvalue weighted by Gasteiger charge is 2.08. The van der Waals surface area contributed by atoms with Gasteiger partial charge in [0.25, 0.3) is 0 Å². The molecule has 0 aromatic heterocycles. The van der Waals surface area contributed by atoms with Crippen molar-refractivity contribution in [1.29, 1.82) is 0 Å². The number of methoxy groups -OCH3 is 2. The highest BCUT2D eigenvalue weighted by Crippen LogP contribution is 2.33. The van der Waals surface area contributed by atoms with E-state index in [9.17, 15) is 0 Å². The predicted molar refractivity (Wildman–Crippen MR) is 58.7 cm³/mol. The number of hydrogen-bond acceptors (Lipinski definition) is 2. The van der Waals surface area contributed by atoms with Gasteiger partial charge in [-0.05, 0) is 17.7 Å². The Morgan fingerprint density at radius 2 is 1.73 bits per heavy atom. The molecule has 0 spiro atoms. The first-order valence-electron chi connectivity index (χ1n) is 4.42. The van der Waals surface area contributed by atoms with Crippen LogP contribution in [0.5, 0.6) is 11.5 Å². The van der Waals surface area contributed by atoms with E-state index in [1.54, 1.807) is 14.2 Å². The molecule has 1 aromatic rings. The van der Waals surface area contributed by atoms with Crippen molar-refractivity contribution in [3.63, 3.8) is 0 Å². The zero-order chi connectivity index (χ0) is 10.6. The second kappa shape index (κ2) is 7.09. The van der Waals surface area contributed by atoms with Crippen LogP contribution < -0.4 is 32.2 Å². The van der Waals surface area contributed by atoms with Crippen LogP contribution in [-0.2, 0) is 6.42 Å². The van der Waals surface area contributed by atoms with Gasteiger partial charge in [0.2, 0.25) is 0 Å². The number of rotatable bonds is 4. The molecule has 15 heavy (non-hydrogen) atoms. The summed E-state index contributed by atoms with van der Waals surface area (Å²) in [6, 6.07) is 3.90. The number of hydrogen-bond donors (Lipinski definition) is 1. The molecule has 0 saturated carbocycles. The van der Waals surface area contributed by atoms with Crippen LogP contribution in [0.1, 0.15) is 5.56 Å². The molecule has 5 heteroatoms. The molecule has 0 atom stereocenters. The van der Waals surface area contributed by atoms with E-state index in [1.165, 1.54) is 5.56 Å². The van der Waals surface area contributed by atoms with E-state index in [4.69, 9.17) is 9.47 Å². The van der Waals surface area contributed by atoms with Crippen molar-refractivity contribution in [2.45, 2.75) is 6.42 Å². The van der Waals surface area contributed by atoms with Gasteiger partial charge in [-0.15, -0.1) is 0 Å². The minimum atomic E-state index is 0. The highest BCUT2D eigenvalue weighted by atomic mass is 79.9. The van der Waals surface area contributed by atoms with Crippen LogP contribution in [0.3, 0.4) is 0 Å². The smallest absolute Gasteiger partial charge is 0.161 e. The summed E-state index contributed by atoms with van der Waals surface area (Å²) in [5.41, 5.74) is 5.02. The quantitative estimate of drug-likeness (QED) is 0.707. The Morgan fingerprint density at radius 1 is 1.20 bits per heavy atom. The van der Waals surface area contributed by atoms with Crippen LogP contribution >= 0.6 is 15.9 Å². The molecular weight excluding hydrogens is 326 g/mol. The predicted octanol–water partition coefficient (Wildman–Crippen LogP) is -1.75. The lowest BCUT2D eigenvalue weighted by atomic mass is 10.1. The monoisotopic (exact) mass is 339 g/mol. The van der Waals surface area contributed by atoms with E-state index in [2.05, 4.69) is 21.7 Å². The molecule has 0 aliphatic rings. The van der Waals surface area contributed by atoms with Crippen molar-refractivity contribution in [3.05, 3.63) is 22.2 Å². The lowest BCUT2D eigenvalue weighted by molar-refractivity contribution is -0.366. The fourth-order valence-electron chi connectivity index (χ4n) is 1.28. The first-order valence-corrected chi connectivity index (χ1v) is 5.21. The summed E-state index contributed by atoms with van der Waals surface area (Å²) in [5.74, 6) is 1.51. The van der Waals surface area contributed by atoms with E-state index in [0.717, 1.165) is 28.9 Å². The average molecular weight is 341 g/mol. The molecule has 0 heterocycles. The highest BCUT2D eigenvalue weighted by molar-refractivity contribution is 9.10. The van der Waals surface area contributed by atoms with E-state index < -0.39 is 0 Å². The van der Waals surface area contributed by atoms with Crippen molar-refractivity contribution >= 4 is 15.9 Å². The maximum Gasteiger partial charge on any atom is 0.161 e. The molecule has 0 unspecified atom stereocenters. The molecule has 3 nitrogen and oxygen atoms in total. The third-order valence-electron chi connectivity index (χ3n) is 2.00. The van der Waals surface area contributed by atoms with Gasteiger partial charge in [0.1, 0.15) is 0 Å². The molecule has 0 saturated heterocycles. The topological polar surface area (TPSA) is 46.1 Å². The summed E-state index contributed by atoms with van der Waals surface area (Å²) in [5, 5.41) is 0. The molecule has 0 aliphatic carbocycles. The fraction of sp³-hybridized carbons (Fsp3) is 0.400. The Bertz CT molecular complexity index is 319. The van der Waals surface area contributed by atoms with E-state index in [0.29, 0.717) is 0 Å². The average Bonchev–Trinajstić information content (AvgIpc) is 2.20. The minimum Gasteiger partial charge on any atom is -1.00 e. The number of benzene rings is 1. The maximum atomic E-state index is 5.21. The van der Waals surface area contributed by atoms with Crippen LogP contribution in [-0.4, -0.2) is 20.8 Å². The van der Waals surface area contributed by atoms with Crippen molar-refractivity contribution in [2.24, 2.45) is 0 Å². The van der Waals surface area contributed by atoms with Crippen LogP contribution in [0.15, 0.2) is 16.6 Å². The van der Waals surface area contributed by atoms with E-state index in [-0.39, 0.29) is 17.0 Å². The third kappa shape index (κ3) is 3.66. The number of quaternary nitrogens is 1. The minimum absolute atomic E-state index is 0. The SMILES string of the molecule is COc1cc(Br)c(CC[NH3+])cc1OC.[Br-]. The Labute approximate surface area is 109 Å².